The molecule has 0 aliphatic rings. The summed E-state index contributed by atoms with van der Waals surface area (Å²) >= 11 is 5.18. The Morgan fingerprint density at radius 2 is 1.89 bits per heavy atom. The van der Waals surface area contributed by atoms with Crippen molar-refractivity contribution in [3.8, 4) is 17.6 Å². The molecular formula is C14H10N2O2S. The Bertz CT molecular complexity index is 677. The molecule has 3 N–H and O–H groups in total. The summed E-state index contributed by atoms with van der Waals surface area (Å²) in [6, 6.07) is 13.1. The molecule has 5 heteroatoms. The van der Waals surface area contributed by atoms with Crippen LogP contribution < -0.4 is 5.32 Å². The van der Waals surface area contributed by atoms with E-state index in [1.165, 1.54) is 18.2 Å². The van der Waals surface area contributed by atoms with Crippen molar-refractivity contribution < 1.29 is 10.2 Å². The first-order valence-electron chi connectivity index (χ1n) is 5.44. The van der Waals surface area contributed by atoms with Gasteiger partial charge in [-0.25, -0.2) is 0 Å². The molecule has 94 valence electrons. The summed E-state index contributed by atoms with van der Waals surface area (Å²) < 4.78 is 0. The van der Waals surface area contributed by atoms with Gasteiger partial charge in [-0.05, 0) is 24.3 Å². The standard InChI is InChI=1S/C14H10N2O2S/c15-8-9-3-1-2-4-12(9)16-14(19)11-6-5-10(17)7-13(11)18/h1-7,17-18H,(H,16,19). The van der Waals surface area contributed by atoms with Gasteiger partial charge in [-0.3, -0.25) is 0 Å². The average molecular weight is 270 g/mol. The maximum absolute atomic E-state index is 9.71. The molecule has 0 radical (unpaired) electrons. The maximum atomic E-state index is 9.71. The van der Waals surface area contributed by atoms with E-state index < -0.39 is 0 Å². The predicted octanol–water partition coefficient (Wildman–Crippen LogP) is 2.76. The van der Waals surface area contributed by atoms with Crippen molar-refractivity contribution in [2.75, 3.05) is 5.32 Å². The second kappa shape index (κ2) is 5.38. The average Bonchev–Trinajstić information content (AvgIpc) is 2.39. The molecule has 0 aliphatic carbocycles. The number of hydrogen-bond acceptors (Lipinski definition) is 4. The summed E-state index contributed by atoms with van der Waals surface area (Å²) in [5.41, 5.74) is 1.42. The lowest BCUT2D eigenvalue weighted by Crippen LogP contribution is -2.11. The molecular weight excluding hydrogens is 260 g/mol. The monoisotopic (exact) mass is 270 g/mol. The van der Waals surface area contributed by atoms with Gasteiger partial charge >= 0.3 is 0 Å². The molecule has 4 nitrogen and oxygen atoms in total. The van der Waals surface area contributed by atoms with E-state index in [1.807, 2.05) is 0 Å². The summed E-state index contributed by atoms with van der Waals surface area (Å²) in [6.45, 7) is 0. The van der Waals surface area contributed by atoms with Crippen LogP contribution in [-0.4, -0.2) is 15.2 Å². The fourth-order valence-electron chi connectivity index (χ4n) is 1.59. The number of benzene rings is 2. The summed E-state index contributed by atoms with van der Waals surface area (Å²) in [4.78, 5) is 0.278. The van der Waals surface area contributed by atoms with Crippen LogP contribution in [0, 0.1) is 11.3 Å². The topological polar surface area (TPSA) is 76.3 Å². The smallest absolute Gasteiger partial charge is 0.129 e. The van der Waals surface area contributed by atoms with Crippen molar-refractivity contribution in [1.29, 1.82) is 5.26 Å². The van der Waals surface area contributed by atoms with Gasteiger partial charge in [-0.15, -0.1) is 0 Å². The normalized spacial score (nSPS) is 9.63. The first kappa shape index (κ1) is 12.9. The van der Waals surface area contributed by atoms with Crippen molar-refractivity contribution >= 4 is 22.9 Å². The van der Waals surface area contributed by atoms with Gasteiger partial charge in [0.2, 0.25) is 0 Å². The lowest BCUT2D eigenvalue weighted by Gasteiger charge is -2.10. The molecule has 2 aromatic rings. The molecule has 0 saturated carbocycles. The zero-order valence-electron chi connectivity index (χ0n) is 9.79. The highest BCUT2D eigenvalue weighted by Gasteiger charge is 2.10. The quantitative estimate of drug-likeness (QED) is 0.731. The molecule has 0 unspecified atom stereocenters. The zero-order valence-corrected chi connectivity index (χ0v) is 10.6. The molecule has 0 aromatic heterocycles. The number of anilines is 1. The number of phenols is 2. The Hall–Kier alpha value is -2.58. The van der Waals surface area contributed by atoms with Gasteiger partial charge in [0.15, 0.2) is 0 Å². The lowest BCUT2D eigenvalue weighted by atomic mass is 10.1. The van der Waals surface area contributed by atoms with Gasteiger partial charge in [-0.1, -0.05) is 24.4 Å². The Balaban J connectivity index is 2.29. The van der Waals surface area contributed by atoms with Crippen LogP contribution in [0.3, 0.4) is 0 Å². The number of nitrogens with zero attached hydrogens (tertiary/aromatic N) is 1. The van der Waals surface area contributed by atoms with Crippen LogP contribution in [0.5, 0.6) is 11.5 Å². The number of nitriles is 1. The minimum atomic E-state index is -0.119. The van der Waals surface area contributed by atoms with E-state index in [1.54, 1.807) is 24.3 Å². The van der Waals surface area contributed by atoms with E-state index in [-0.39, 0.29) is 16.5 Å². The fourth-order valence-corrected chi connectivity index (χ4v) is 1.87. The van der Waals surface area contributed by atoms with Crippen LogP contribution in [0.2, 0.25) is 0 Å². The number of thiocarbonyl (C=S) groups is 1. The summed E-state index contributed by atoms with van der Waals surface area (Å²) in [5.74, 6) is -0.159. The van der Waals surface area contributed by atoms with Crippen LogP contribution in [0.1, 0.15) is 11.1 Å². The highest BCUT2D eigenvalue weighted by atomic mass is 32.1. The van der Waals surface area contributed by atoms with E-state index in [2.05, 4.69) is 11.4 Å². The number of nitrogens with one attached hydrogen (secondary N) is 1. The minimum absolute atomic E-state index is 0.0403. The number of aromatic hydroxyl groups is 2. The van der Waals surface area contributed by atoms with Crippen molar-refractivity contribution in [2.45, 2.75) is 0 Å². The third-order valence-electron chi connectivity index (χ3n) is 2.52. The summed E-state index contributed by atoms with van der Waals surface area (Å²) in [5, 5.41) is 30.8. The third kappa shape index (κ3) is 2.81. The first-order valence-corrected chi connectivity index (χ1v) is 5.85. The van der Waals surface area contributed by atoms with Gasteiger partial charge in [-0.2, -0.15) is 5.26 Å². The first-order chi connectivity index (χ1) is 9.11. The third-order valence-corrected chi connectivity index (χ3v) is 2.84. The second-order valence-corrected chi connectivity index (χ2v) is 4.22. The van der Waals surface area contributed by atoms with Gasteiger partial charge in [0, 0.05) is 6.07 Å². The van der Waals surface area contributed by atoms with Crippen molar-refractivity contribution in [3.63, 3.8) is 0 Å². The van der Waals surface area contributed by atoms with E-state index in [9.17, 15) is 10.2 Å². The fraction of sp³-hybridized carbons (Fsp3) is 0. The molecule has 2 rings (SSSR count). The molecule has 0 aliphatic heterocycles. The molecule has 0 amide bonds. The molecule has 0 bridgehead atoms. The van der Waals surface area contributed by atoms with Crippen LogP contribution in [0.25, 0.3) is 0 Å². The van der Waals surface area contributed by atoms with Crippen LogP contribution in [-0.2, 0) is 0 Å². The second-order valence-electron chi connectivity index (χ2n) is 3.81. The Kier molecular flexibility index (Phi) is 3.64. The van der Waals surface area contributed by atoms with Crippen molar-refractivity contribution in [2.24, 2.45) is 0 Å². The summed E-state index contributed by atoms with van der Waals surface area (Å²) in [7, 11) is 0. The molecule has 0 fully saturated rings. The molecule has 2 aromatic carbocycles. The number of para-hydroxylation sites is 1. The zero-order chi connectivity index (χ0) is 13.8. The van der Waals surface area contributed by atoms with Crippen molar-refractivity contribution in [1.82, 2.24) is 0 Å². The van der Waals surface area contributed by atoms with E-state index >= 15 is 0 Å². The largest absolute Gasteiger partial charge is 0.508 e. The predicted molar refractivity (Wildman–Crippen MR) is 76.3 cm³/mol. The molecule has 0 saturated heterocycles. The molecule has 0 spiro atoms. The molecule has 19 heavy (non-hydrogen) atoms. The van der Waals surface area contributed by atoms with E-state index in [0.29, 0.717) is 16.8 Å². The van der Waals surface area contributed by atoms with E-state index in [4.69, 9.17) is 17.5 Å². The highest BCUT2D eigenvalue weighted by molar-refractivity contribution is 7.81. The van der Waals surface area contributed by atoms with Gasteiger partial charge in [0.1, 0.15) is 22.6 Å². The van der Waals surface area contributed by atoms with Gasteiger partial charge < -0.3 is 15.5 Å². The maximum Gasteiger partial charge on any atom is 0.129 e. The summed E-state index contributed by atoms with van der Waals surface area (Å²) in [6.07, 6.45) is 0. The van der Waals surface area contributed by atoms with Crippen LogP contribution in [0.4, 0.5) is 5.69 Å². The number of hydrogen-bond donors (Lipinski definition) is 3. The van der Waals surface area contributed by atoms with Crippen LogP contribution >= 0.6 is 12.2 Å². The molecule has 0 atom stereocenters. The highest BCUT2D eigenvalue weighted by Crippen LogP contribution is 2.24. The van der Waals surface area contributed by atoms with Gasteiger partial charge in [0.25, 0.3) is 0 Å². The Morgan fingerprint density at radius 3 is 2.58 bits per heavy atom. The SMILES string of the molecule is N#Cc1ccccc1NC(=S)c1ccc(O)cc1O. The number of rotatable bonds is 2. The minimum Gasteiger partial charge on any atom is -0.508 e. The Morgan fingerprint density at radius 1 is 1.16 bits per heavy atom. The Labute approximate surface area is 115 Å². The van der Waals surface area contributed by atoms with Crippen molar-refractivity contribution in [3.05, 3.63) is 53.6 Å². The van der Waals surface area contributed by atoms with Gasteiger partial charge in [0.05, 0.1) is 16.8 Å². The van der Waals surface area contributed by atoms with Crippen LogP contribution in [0.15, 0.2) is 42.5 Å². The number of phenolic OH excluding ortho intramolecular Hbond substituents is 2. The molecule has 0 heterocycles. The van der Waals surface area contributed by atoms with E-state index in [0.717, 1.165) is 0 Å². The lowest BCUT2D eigenvalue weighted by molar-refractivity contribution is 0.450.